The third-order valence-electron chi connectivity index (χ3n) is 6.55. The highest BCUT2D eigenvalue weighted by molar-refractivity contribution is 8.01. The molecule has 0 saturated carbocycles. The summed E-state index contributed by atoms with van der Waals surface area (Å²) in [5, 5.41) is 7.69. The second-order valence-corrected chi connectivity index (χ2v) is 10.9. The fourth-order valence-corrected chi connectivity index (χ4v) is 6.80. The fraction of sp³-hybridized carbons (Fsp3) is 0.346. The van der Waals surface area contributed by atoms with Crippen molar-refractivity contribution in [3.63, 3.8) is 0 Å². The molecule has 8 nitrogen and oxygen atoms in total. The number of β-lactam (4-membered cyclic amide) rings is 1. The molecule has 9 heteroatoms. The molecule has 2 fully saturated rings. The lowest BCUT2D eigenvalue weighted by Crippen LogP contribution is -2.63. The van der Waals surface area contributed by atoms with Crippen LogP contribution in [0, 0.1) is 5.92 Å². The zero-order valence-electron chi connectivity index (χ0n) is 19.5. The normalized spacial score (nSPS) is 25.3. The van der Waals surface area contributed by atoms with Crippen LogP contribution >= 0.6 is 11.8 Å². The van der Waals surface area contributed by atoms with Gasteiger partial charge in [0.15, 0.2) is 6.10 Å². The van der Waals surface area contributed by atoms with E-state index < -0.39 is 28.8 Å². The summed E-state index contributed by atoms with van der Waals surface area (Å²) in [7, 11) is 0. The Kier molecular flexibility index (Phi) is 6.19. The molecule has 0 N–H and O–H groups in total. The first-order chi connectivity index (χ1) is 16.9. The molecular weight excluding hydrogens is 464 g/mol. The zero-order valence-corrected chi connectivity index (χ0v) is 20.3. The van der Waals surface area contributed by atoms with Crippen molar-refractivity contribution in [2.45, 2.75) is 49.1 Å². The minimum Gasteiger partial charge on any atom is -0.451 e. The lowest BCUT2D eigenvalue weighted by molar-refractivity contribution is -0.169. The van der Waals surface area contributed by atoms with Gasteiger partial charge in [-0.1, -0.05) is 65.9 Å². The molecule has 0 spiro atoms. The molecule has 4 atom stereocenters. The molecule has 1 unspecified atom stereocenters. The fourth-order valence-electron chi connectivity index (χ4n) is 4.99. The second-order valence-electron chi connectivity index (χ2n) is 9.22. The molecule has 0 radical (unpaired) electrons. The number of fused-ring (bicyclic) bond motifs is 1. The first-order valence-electron chi connectivity index (χ1n) is 11.5. The largest absolute Gasteiger partial charge is 0.451 e. The zero-order chi connectivity index (χ0) is 24.6. The molecule has 2 aliphatic heterocycles. The lowest BCUT2D eigenvalue weighted by atomic mass is 9.88. The Morgan fingerprint density at radius 1 is 1.09 bits per heavy atom. The molecule has 2 aromatic carbocycles. The molecule has 2 saturated heterocycles. The summed E-state index contributed by atoms with van der Waals surface area (Å²) in [4.78, 5) is 40.4. The predicted molar refractivity (Wildman–Crippen MR) is 130 cm³/mol. The van der Waals surface area contributed by atoms with Crippen molar-refractivity contribution < 1.29 is 19.1 Å². The van der Waals surface area contributed by atoms with E-state index in [0.717, 1.165) is 11.1 Å². The number of hydrogen-bond acceptors (Lipinski definition) is 7. The van der Waals surface area contributed by atoms with Crippen LogP contribution in [0.1, 0.15) is 37.5 Å². The van der Waals surface area contributed by atoms with Gasteiger partial charge in [-0.25, -0.2) is 4.79 Å². The molecule has 3 heterocycles. The molecule has 35 heavy (non-hydrogen) atoms. The summed E-state index contributed by atoms with van der Waals surface area (Å²) < 4.78 is 7.13. The van der Waals surface area contributed by atoms with Crippen LogP contribution in [0.5, 0.6) is 0 Å². The van der Waals surface area contributed by atoms with Crippen molar-refractivity contribution in [2.24, 2.45) is 5.92 Å². The number of thioether (sulfide) groups is 1. The van der Waals surface area contributed by atoms with Gasteiger partial charge >= 0.3 is 5.97 Å². The maximum Gasteiger partial charge on any atom is 0.331 e. The van der Waals surface area contributed by atoms with Gasteiger partial charge in [0, 0.05) is 12.6 Å². The van der Waals surface area contributed by atoms with Crippen LogP contribution in [0.2, 0.25) is 0 Å². The van der Waals surface area contributed by atoms with Crippen molar-refractivity contribution in [1.82, 2.24) is 19.9 Å². The van der Waals surface area contributed by atoms with Crippen LogP contribution in [0.4, 0.5) is 0 Å². The van der Waals surface area contributed by atoms with E-state index in [9.17, 15) is 14.4 Å². The average molecular weight is 491 g/mol. The van der Waals surface area contributed by atoms with Crippen LogP contribution in [0.15, 0.2) is 73.1 Å². The highest BCUT2D eigenvalue weighted by atomic mass is 32.2. The third-order valence-corrected chi connectivity index (χ3v) is 8.24. The molecule has 3 aromatic rings. The summed E-state index contributed by atoms with van der Waals surface area (Å²) in [6, 6.07) is 18.3. The van der Waals surface area contributed by atoms with E-state index in [1.807, 2.05) is 67.6 Å². The molecule has 0 bridgehead atoms. The topological polar surface area (TPSA) is 94.4 Å². The average Bonchev–Trinajstić information content (AvgIpc) is 3.46. The number of nitrogens with zero attached hydrogens (tertiary/aromatic N) is 4. The molecule has 2 aliphatic rings. The SMILES string of the molecule is CC(=O)CC1C(=O)N2[C@@H](C(=O)OC(c3ccccc3)c3ccccc3)[C@](C)(Cn3ccnn3)S[C@@H]12. The Hall–Kier alpha value is -3.46. The van der Waals surface area contributed by atoms with Gasteiger partial charge in [-0.05, 0) is 25.0 Å². The second kappa shape index (κ2) is 9.30. The summed E-state index contributed by atoms with van der Waals surface area (Å²) in [5.41, 5.74) is 1.69. The number of benzene rings is 2. The van der Waals surface area contributed by atoms with Gasteiger partial charge in [0.25, 0.3) is 0 Å². The number of carbonyl (C=O) groups is 3. The van der Waals surface area contributed by atoms with Gasteiger partial charge in [0.2, 0.25) is 5.91 Å². The number of Topliss-reactive ketones (excluding diaryl/α,β-unsaturated/α-hetero) is 1. The van der Waals surface area contributed by atoms with E-state index in [1.165, 1.54) is 18.7 Å². The molecular formula is C26H26N4O4S. The van der Waals surface area contributed by atoms with E-state index in [0.29, 0.717) is 6.54 Å². The molecule has 1 aromatic heterocycles. The Morgan fingerprint density at radius 2 is 1.71 bits per heavy atom. The van der Waals surface area contributed by atoms with E-state index in [-0.39, 0.29) is 23.5 Å². The van der Waals surface area contributed by atoms with Gasteiger partial charge in [-0.15, -0.1) is 16.9 Å². The Morgan fingerprint density at radius 3 is 2.26 bits per heavy atom. The standard InChI is InChI=1S/C26H26N4O4S/c1-17(31)15-20-23(32)30-22(26(2,35-24(20)30)16-29-14-13-27-28-29)25(33)34-21(18-9-5-3-6-10-18)19-11-7-4-8-12-19/h3-14,20-22,24H,15-16H2,1-2H3/t20?,22-,24-,26-/m0/s1. The summed E-state index contributed by atoms with van der Waals surface area (Å²) in [6.45, 7) is 3.80. The molecule has 5 rings (SSSR count). The number of hydrogen-bond donors (Lipinski definition) is 0. The Bertz CT molecular complexity index is 1180. The quantitative estimate of drug-likeness (QED) is 0.353. The van der Waals surface area contributed by atoms with Crippen molar-refractivity contribution >= 4 is 29.4 Å². The number of esters is 1. The van der Waals surface area contributed by atoms with Crippen LogP contribution in [0.25, 0.3) is 0 Å². The third kappa shape index (κ3) is 4.36. The van der Waals surface area contributed by atoms with Crippen molar-refractivity contribution in [3.05, 3.63) is 84.2 Å². The van der Waals surface area contributed by atoms with Gasteiger partial charge in [-0.2, -0.15) is 0 Å². The maximum atomic E-state index is 13.9. The number of rotatable bonds is 8. The number of carbonyl (C=O) groups excluding carboxylic acids is 3. The first-order valence-corrected chi connectivity index (χ1v) is 12.4. The van der Waals surface area contributed by atoms with Crippen LogP contribution in [-0.4, -0.2) is 53.7 Å². The van der Waals surface area contributed by atoms with E-state index in [2.05, 4.69) is 10.3 Å². The van der Waals surface area contributed by atoms with Crippen LogP contribution < -0.4 is 0 Å². The summed E-state index contributed by atoms with van der Waals surface area (Å²) in [5.74, 6) is -1.13. The van der Waals surface area contributed by atoms with E-state index in [1.54, 1.807) is 22.0 Å². The lowest BCUT2D eigenvalue weighted by Gasteiger charge is -2.44. The van der Waals surface area contributed by atoms with Gasteiger partial charge in [0.05, 0.1) is 28.8 Å². The Labute approximate surface area is 207 Å². The van der Waals surface area contributed by atoms with Crippen molar-refractivity contribution in [1.29, 1.82) is 0 Å². The summed E-state index contributed by atoms with van der Waals surface area (Å²) >= 11 is 1.53. The number of ketones is 1. The minimum absolute atomic E-state index is 0.0409. The predicted octanol–water partition coefficient (Wildman–Crippen LogP) is 3.25. The van der Waals surface area contributed by atoms with Gasteiger partial charge in [-0.3, -0.25) is 9.48 Å². The minimum atomic E-state index is -0.827. The van der Waals surface area contributed by atoms with E-state index >= 15 is 0 Å². The van der Waals surface area contributed by atoms with Gasteiger partial charge in [0.1, 0.15) is 11.8 Å². The monoisotopic (exact) mass is 490 g/mol. The van der Waals surface area contributed by atoms with Gasteiger partial charge < -0.3 is 14.4 Å². The number of ether oxygens (including phenoxy) is 1. The van der Waals surface area contributed by atoms with E-state index in [4.69, 9.17) is 4.74 Å². The summed E-state index contributed by atoms with van der Waals surface area (Å²) in [6.07, 6.45) is 2.87. The molecule has 180 valence electrons. The first kappa shape index (κ1) is 23.3. The van der Waals surface area contributed by atoms with Crippen molar-refractivity contribution in [3.8, 4) is 0 Å². The molecule has 0 aliphatic carbocycles. The van der Waals surface area contributed by atoms with Crippen LogP contribution in [0.3, 0.4) is 0 Å². The molecule has 1 amide bonds. The smallest absolute Gasteiger partial charge is 0.331 e. The highest BCUT2D eigenvalue weighted by Crippen LogP contribution is 2.55. The highest BCUT2D eigenvalue weighted by Gasteiger charge is 2.65. The Balaban J connectivity index is 1.47. The number of amides is 1. The van der Waals surface area contributed by atoms with Crippen LogP contribution in [-0.2, 0) is 25.7 Å². The maximum absolute atomic E-state index is 13.9. The number of aromatic nitrogens is 3. The van der Waals surface area contributed by atoms with Crippen molar-refractivity contribution in [2.75, 3.05) is 0 Å².